The van der Waals surface area contributed by atoms with Crippen molar-refractivity contribution in [1.82, 2.24) is 15.2 Å². The van der Waals surface area contributed by atoms with Crippen molar-refractivity contribution in [3.63, 3.8) is 0 Å². The molecule has 2 heterocycles. The maximum absolute atomic E-state index is 9.60. The van der Waals surface area contributed by atoms with E-state index in [9.17, 15) is 5.26 Å². The van der Waals surface area contributed by atoms with E-state index in [2.05, 4.69) is 26.6 Å². The highest BCUT2D eigenvalue weighted by Gasteiger charge is 2.19. The van der Waals surface area contributed by atoms with E-state index in [4.69, 9.17) is 25.8 Å². The molecule has 28 heavy (non-hydrogen) atoms. The van der Waals surface area contributed by atoms with E-state index in [0.29, 0.717) is 40.0 Å². The molecule has 0 amide bonds. The first-order valence-electron chi connectivity index (χ1n) is 8.20. The number of pyridine rings is 1. The van der Waals surface area contributed by atoms with Gasteiger partial charge in [0.1, 0.15) is 17.0 Å². The minimum Gasteiger partial charge on any atom is -0.493 e. The van der Waals surface area contributed by atoms with Gasteiger partial charge in [0.25, 0.3) is 0 Å². The van der Waals surface area contributed by atoms with Gasteiger partial charge in [-0.2, -0.15) is 10.4 Å². The Morgan fingerprint density at radius 3 is 2.21 bits per heavy atom. The standard InChI is InChI=1S/C19H18ClN5O3/c1-10-5-17(25-24-10)22-16-8-12(13(9-21)19(20)23-16)11-6-14(26-2)18(28-4)15(7-11)27-3/h5-8H,1-4H3,(H2,22,23,24,25). The zero-order valence-corrected chi connectivity index (χ0v) is 16.5. The van der Waals surface area contributed by atoms with Gasteiger partial charge in [-0.3, -0.25) is 5.10 Å². The molecule has 144 valence electrons. The average molecular weight is 400 g/mol. The quantitative estimate of drug-likeness (QED) is 0.601. The van der Waals surface area contributed by atoms with Crippen molar-refractivity contribution in [3.8, 4) is 34.4 Å². The highest BCUT2D eigenvalue weighted by molar-refractivity contribution is 6.31. The molecule has 0 aliphatic heterocycles. The Hall–Kier alpha value is -3.44. The maximum Gasteiger partial charge on any atom is 0.203 e. The third-order valence-corrected chi connectivity index (χ3v) is 4.30. The van der Waals surface area contributed by atoms with Gasteiger partial charge in [0.15, 0.2) is 17.3 Å². The molecular formula is C19H18ClN5O3. The van der Waals surface area contributed by atoms with Gasteiger partial charge in [-0.1, -0.05) is 11.6 Å². The Kier molecular flexibility index (Phi) is 5.57. The molecule has 1 aromatic carbocycles. The van der Waals surface area contributed by atoms with Crippen LogP contribution in [0.5, 0.6) is 17.2 Å². The van der Waals surface area contributed by atoms with Gasteiger partial charge >= 0.3 is 0 Å². The summed E-state index contributed by atoms with van der Waals surface area (Å²) < 4.78 is 16.2. The Labute approximate surface area is 167 Å². The summed E-state index contributed by atoms with van der Waals surface area (Å²) in [5, 5.41) is 19.7. The van der Waals surface area contributed by atoms with Crippen LogP contribution < -0.4 is 19.5 Å². The van der Waals surface area contributed by atoms with E-state index in [1.165, 1.54) is 21.3 Å². The second-order valence-corrected chi connectivity index (χ2v) is 6.17. The third kappa shape index (κ3) is 3.66. The molecule has 0 aliphatic carbocycles. The number of hydrogen-bond donors (Lipinski definition) is 2. The molecule has 0 radical (unpaired) electrons. The lowest BCUT2D eigenvalue weighted by Gasteiger charge is -2.15. The van der Waals surface area contributed by atoms with Crippen LogP contribution in [-0.4, -0.2) is 36.5 Å². The minimum absolute atomic E-state index is 0.0727. The Morgan fingerprint density at radius 1 is 1.04 bits per heavy atom. The van der Waals surface area contributed by atoms with Crippen molar-refractivity contribution in [2.45, 2.75) is 6.92 Å². The van der Waals surface area contributed by atoms with Crippen LogP contribution in [0.15, 0.2) is 24.3 Å². The van der Waals surface area contributed by atoms with Gasteiger partial charge in [0, 0.05) is 17.3 Å². The summed E-state index contributed by atoms with van der Waals surface area (Å²) in [6, 6.07) is 9.14. The number of aromatic amines is 1. The number of anilines is 2. The topological polar surface area (TPSA) is 105 Å². The van der Waals surface area contributed by atoms with Crippen molar-refractivity contribution < 1.29 is 14.2 Å². The van der Waals surface area contributed by atoms with Gasteiger partial charge in [0.05, 0.1) is 26.9 Å². The highest BCUT2D eigenvalue weighted by Crippen LogP contribution is 2.42. The number of nitriles is 1. The number of halogens is 1. The third-order valence-electron chi connectivity index (χ3n) is 4.02. The number of H-pyrrole nitrogens is 1. The summed E-state index contributed by atoms with van der Waals surface area (Å²) >= 11 is 6.27. The molecule has 0 atom stereocenters. The summed E-state index contributed by atoms with van der Waals surface area (Å²) in [4.78, 5) is 4.24. The van der Waals surface area contributed by atoms with E-state index in [-0.39, 0.29) is 10.7 Å². The zero-order chi connectivity index (χ0) is 20.3. The number of aryl methyl sites for hydroxylation is 1. The van der Waals surface area contributed by atoms with Gasteiger partial charge in [-0.25, -0.2) is 4.98 Å². The van der Waals surface area contributed by atoms with Crippen LogP contribution in [0.2, 0.25) is 5.15 Å². The fourth-order valence-corrected chi connectivity index (χ4v) is 3.00. The zero-order valence-electron chi connectivity index (χ0n) is 15.8. The predicted octanol–water partition coefficient (Wildman–Crippen LogP) is 4.07. The van der Waals surface area contributed by atoms with Crippen LogP contribution in [0, 0.1) is 18.3 Å². The SMILES string of the molecule is COc1cc(-c2cc(Nc3cc(C)[nH]n3)nc(Cl)c2C#N)cc(OC)c1OC. The maximum atomic E-state index is 9.60. The molecule has 9 heteroatoms. The van der Waals surface area contributed by atoms with Gasteiger partial charge in [-0.15, -0.1) is 0 Å². The predicted molar refractivity (Wildman–Crippen MR) is 106 cm³/mol. The van der Waals surface area contributed by atoms with Gasteiger partial charge in [0.2, 0.25) is 5.75 Å². The second-order valence-electron chi connectivity index (χ2n) is 5.81. The Balaban J connectivity index is 2.16. The highest BCUT2D eigenvalue weighted by atomic mass is 35.5. The second kappa shape index (κ2) is 8.06. The number of hydrogen-bond acceptors (Lipinski definition) is 7. The van der Waals surface area contributed by atoms with Crippen LogP contribution in [0.4, 0.5) is 11.6 Å². The van der Waals surface area contributed by atoms with Crippen molar-refractivity contribution in [2.24, 2.45) is 0 Å². The van der Waals surface area contributed by atoms with Crippen LogP contribution in [0.3, 0.4) is 0 Å². The van der Waals surface area contributed by atoms with Crippen LogP contribution >= 0.6 is 11.6 Å². The van der Waals surface area contributed by atoms with Crippen LogP contribution in [0.25, 0.3) is 11.1 Å². The first-order valence-corrected chi connectivity index (χ1v) is 8.58. The molecule has 0 saturated carbocycles. The summed E-state index contributed by atoms with van der Waals surface area (Å²) in [5.41, 5.74) is 2.36. The van der Waals surface area contributed by atoms with E-state index in [1.807, 2.05) is 13.0 Å². The monoisotopic (exact) mass is 399 g/mol. The number of methoxy groups -OCH3 is 3. The van der Waals surface area contributed by atoms with E-state index in [0.717, 1.165) is 5.69 Å². The number of benzene rings is 1. The lowest BCUT2D eigenvalue weighted by atomic mass is 10.0. The average Bonchev–Trinajstić information content (AvgIpc) is 3.10. The van der Waals surface area contributed by atoms with Gasteiger partial charge < -0.3 is 19.5 Å². The van der Waals surface area contributed by atoms with Crippen molar-refractivity contribution in [1.29, 1.82) is 5.26 Å². The molecule has 0 saturated heterocycles. The van der Waals surface area contributed by atoms with E-state index < -0.39 is 0 Å². The molecule has 0 spiro atoms. The van der Waals surface area contributed by atoms with Crippen LogP contribution in [-0.2, 0) is 0 Å². The number of rotatable bonds is 6. The lowest BCUT2D eigenvalue weighted by Crippen LogP contribution is -1.99. The van der Waals surface area contributed by atoms with E-state index >= 15 is 0 Å². The Morgan fingerprint density at radius 2 is 1.71 bits per heavy atom. The Bertz CT molecular complexity index is 1030. The molecule has 2 N–H and O–H groups in total. The number of nitrogens with zero attached hydrogens (tertiary/aromatic N) is 3. The molecular weight excluding hydrogens is 382 g/mol. The fourth-order valence-electron chi connectivity index (χ4n) is 2.76. The van der Waals surface area contributed by atoms with Crippen molar-refractivity contribution >= 4 is 23.2 Å². The largest absolute Gasteiger partial charge is 0.493 e. The van der Waals surface area contributed by atoms with Crippen molar-refractivity contribution in [3.05, 3.63) is 40.7 Å². The molecule has 3 rings (SSSR count). The van der Waals surface area contributed by atoms with E-state index in [1.54, 1.807) is 18.2 Å². The molecule has 0 aliphatic rings. The summed E-state index contributed by atoms with van der Waals surface area (Å²) in [6.07, 6.45) is 0. The summed E-state index contributed by atoms with van der Waals surface area (Å²) in [7, 11) is 4.58. The van der Waals surface area contributed by atoms with Crippen LogP contribution in [0.1, 0.15) is 11.3 Å². The summed E-state index contributed by atoms with van der Waals surface area (Å²) in [5.74, 6) is 2.41. The molecule has 0 bridgehead atoms. The normalized spacial score (nSPS) is 10.3. The number of nitrogens with one attached hydrogen (secondary N) is 2. The molecule has 2 aromatic heterocycles. The number of aromatic nitrogens is 3. The molecule has 3 aromatic rings. The molecule has 0 fully saturated rings. The van der Waals surface area contributed by atoms with Crippen molar-refractivity contribution in [2.75, 3.05) is 26.6 Å². The smallest absolute Gasteiger partial charge is 0.203 e. The molecule has 8 nitrogen and oxygen atoms in total. The number of ether oxygens (including phenoxy) is 3. The lowest BCUT2D eigenvalue weighted by molar-refractivity contribution is 0.324. The minimum atomic E-state index is 0.0727. The van der Waals surface area contributed by atoms with Gasteiger partial charge in [-0.05, 0) is 30.7 Å². The first kappa shape index (κ1) is 19.3. The molecule has 0 unspecified atom stereocenters. The first-order chi connectivity index (χ1) is 13.5. The summed E-state index contributed by atoms with van der Waals surface area (Å²) in [6.45, 7) is 1.89. The fraction of sp³-hybridized carbons (Fsp3) is 0.211.